The first-order chi connectivity index (χ1) is 13.8. The maximum atomic E-state index is 13.8. The van der Waals surface area contributed by atoms with Gasteiger partial charge in [0, 0.05) is 55.2 Å². The summed E-state index contributed by atoms with van der Waals surface area (Å²) in [5.41, 5.74) is -0.104. The number of alkyl halides is 1. The maximum Gasteiger partial charge on any atom is 0.414 e. The van der Waals surface area contributed by atoms with Crippen molar-refractivity contribution in [2.24, 2.45) is 0 Å². The van der Waals surface area contributed by atoms with Crippen molar-refractivity contribution < 1.29 is 23.3 Å². The zero-order valence-corrected chi connectivity index (χ0v) is 15.7. The van der Waals surface area contributed by atoms with Crippen LogP contribution in [0.4, 0.5) is 14.9 Å². The van der Waals surface area contributed by atoms with Crippen LogP contribution in [0.25, 0.3) is 11.0 Å². The molecule has 0 aliphatic carbocycles. The molecule has 8 nitrogen and oxygen atoms in total. The molecule has 0 bridgehead atoms. The standard InChI is InChI=1S/C20H17FN2O6/c1-22(2)20(25)28-14-6-7-15-17(11-21)16(19(24)29-18(15)10-14)9-12-4-3-5-13(8-12)23(26)27/h3-8,10H,9,11H2,1-2H3. The monoisotopic (exact) mass is 400 g/mol. The molecule has 1 heterocycles. The van der Waals surface area contributed by atoms with Crippen molar-refractivity contribution in [3.8, 4) is 5.75 Å². The molecule has 0 saturated heterocycles. The molecule has 0 N–H and O–H groups in total. The van der Waals surface area contributed by atoms with Crippen LogP contribution < -0.4 is 10.4 Å². The van der Waals surface area contributed by atoms with E-state index in [0.717, 1.165) is 0 Å². The van der Waals surface area contributed by atoms with Gasteiger partial charge in [-0.2, -0.15) is 0 Å². The Labute approximate surface area is 164 Å². The second-order valence-corrected chi connectivity index (χ2v) is 6.50. The number of carbonyl (C=O) groups is 1. The third-order valence-electron chi connectivity index (χ3n) is 4.30. The van der Waals surface area contributed by atoms with Gasteiger partial charge < -0.3 is 14.1 Å². The van der Waals surface area contributed by atoms with Gasteiger partial charge in [0.25, 0.3) is 5.69 Å². The summed E-state index contributed by atoms with van der Waals surface area (Å²) < 4.78 is 24.3. The van der Waals surface area contributed by atoms with Crippen molar-refractivity contribution in [2.75, 3.05) is 14.1 Å². The topological polar surface area (TPSA) is 103 Å². The Morgan fingerprint density at radius 3 is 2.62 bits per heavy atom. The second-order valence-electron chi connectivity index (χ2n) is 6.50. The Bertz CT molecular complexity index is 1160. The Hall–Kier alpha value is -3.75. The molecule has 0 aliphatic heterocycles. The summed E-state index contributed by atoms with van der Waals surface area (Å²) in [5.74, 6) is 0.149. The zero-order valence-electron chi connectivity index (χ0n) is 15.7. The van der Waals surface area contributed by atoms with Crippen molar-refractivity contribution in [3.05, 3.63) is 79.7 Å². The van der Waals surface area contributed by atoms with Gasteiger partial charge in [0.1, 0.15) is 18.0 Å². The molecule has 0 radical (unpaired) electrons. The Kier molecular flexibility index (Phi) is 5.58. The molecule has 3 aromatic rings. The molecule has 0 unspecified atom stereocenters. The first-order valence-corrected chi connectivity index (χ1v) is 8.57. The van der Waals surface area contributed by atoms with E-state index in [-0.39, 0.29) is 34.6 Å². The fraction of sp³-hybridized carbons (Fsp3) is 0.200. The summed E-state index contributed by atoms with van der Waals surface area (Å²) in [6.07, 6.45) is -0.629. The van der Waals surface area contributed by atoms with Crippen LogP contribution in [0.1, 0.15) is 16.7 Å². The van der Waals surface area contributed by atoms with Crippen LogP contribution in [-0.2, 0) is 13.1 Å². The quantitative estimate of drug-likeness (QED) is 0.366. The lowest BCUT2D eigenvalue weighted by molar-refractivity contribution is -0.384. The van der Waals surface area contributed by atoms with Crippen LogP contribution in [0.2, 0.25) is 0 Å². The largest absolute Gasteiger partial charge is 0.422 e. The summed E-state index contributed by atoms with van der Waals surface area (Å²) in [7, 11) is 3.04. The predicted molar refractivity (Wildman–Crippen MR) is 103 cm³/mol. The predicted octanol–water partition coefficient (Wildman–Crippen LogP) is 3.82. The van der Waals surface area contributed by atoms with E-state index in [2.05, 4.69) is 0 Å². The Morgan fingerprint density at radius 2 is 1.97 bits per heavy atom. The Morgan fingerprint density at radius 1 is 1.21 bits per heavy atom. The first kappa shape index (κ1) is 20.0. The van der Waals surface area contributed by atoms with E-state index in [0.29, 0.717) is 10.9 Å². The summed E-state index contributed by atoms with van der Waals surface area (Å²) in [6.45, 7) is -0.927. The maximum absolute atomic E-state index is 13.8. The van der Waals surface area contributed by atoms with Gasteiger partial charge in [0.15, 0.2) is 0 Å². The lowest BCUT2D eigenvalue weighted by Crippen LogP contribution is -2.25. The average Bonchev–Trinajstić information content (AvgIpc) is 2.68. The number of benzene rings is 2. The molecule has 150 valence electrons. The normalized spacial score (nSPS) is 10.7. The van der Waals surface area contributed by atoms with Gasteiger partial charge in [-0.1, -0.05) is 12.1 Å². The van der Waals surface area contributed by atoms with Crippen LogP contribution >= 0.6 is 0 Å². The molecule has 1 amide bonds. The molecule has 3 rings (SSSR count). The van der Waals surface area contributed by atoms with Crippen molar-refractivity contribution in [1.82, 2.24) is 4.90 Å². The van der Waals surface area contributed by atoms with E-state index in [9.17, 15) is 24.1 Å². The number of nitro groups is 1. The van der Waals surface area contributed by atoms with Crippen LogP contribution in [0.5, 0.6) is 5.75 Å². The van der Waals surface area contributed by atoms with Gasteiger partial charge in [-0.25, -0.2) is 14.0 Å². The highest BCUT2D eigenvalue weighted by Gasteiger charge is 2.17. The highest BCUT2D eigenvalue weighted by Crippen LogP contribution is 2.27. The fourth-order valence-corrected chi connectivity index (χ4v) is 2.85. The van der Waals surface area contributed by atoms with Gasteiger partial charge in [-0.15, -0.1) is 0 Å². The number of ether oxygens (including phenoxy) is 1. The van der Waals surface area contributed by atoms with Crippen LogP contribution in [0, 0.1) is 10.1 Å². The highest BCUT2D eigenvalue weighted by molar-refractivity contribution is 5.83. The van der Waals surface area contributed by atoms with Crippen molar-refractivity contribution in [2.45, 2.75) is 13.1 Å². The summed E-state index contributed by atoms with van der Waals surface area (Å²) in [4.78, 5) is 35.8. The number of hydrogen-bond donors (Lipinski definition) is 0. The number of carbonyl (C=O) groups excluding carboxylic acids is 1. The number of nitrogens with zero attached hydrogens (tertiary/aromatic N) is 2. The summed E-state index contributed by atoms with van der Waals surface area (Å²) in [5, 5.41) is 11.3. The molecule has 1 aromatic heterocycles. The minimum absolute atomic E-state index is 0.0173. The lowest BCUT2D eigenvalue weighted by Gasteiger charge is -2.12. The zero-order chi connectivity index (χ0) is 21.1. The van der Waals surface area contributed by atoms with Crippen molar-refractivity contribution >= 4 is 22.7 Å². The molecule has 2 aromatic carbocycles. The summed E-state index contributed by atoms with van der Waals surface area (Å²) >= 11 is 0. The van der Waals surface area contributed by atoms with E-state index in [4.69, 9.17) is 9.15 Å². The molecule has 0 atom stereocenters. The number of fused-ring (bicyclic) bond motifs is 1. The van der Waals surface area contributed by atoms with Crippen molar-refractivity contribution in [3.63, 3.8) is 0 Å². The molecular formula is C20H17FN2O6. The molecule has 29 heavy (non-hydrogen) atoms. The van der Waals surface area contributed by atoms with Gasteiger partial charge in [-0.05, 0) is 17.7 Å². The number of halogens is 1. The minimum Gasteiger partial charge on any atom is -0.422 e. The van der Waals surface area contributed by atoms with Gasteiger partial charge >= 0.3 is 11.7 Å². The van der Waals surface area contributed by atoms with Gasteiger partial charge in [0.05, 0.1) is 4.92 Å². The highest BCUT2D eigenvalue weighted by atomic mass is 19.1. The molecular weight excluding hydrogens is 383 g/mol. The Balaban J connectivity index is 2.04. The molecule has 0 fully saturated rings. The minimum atomic E-state index is -0.927. The lowest BCUT2D eigenvalue weighted by atomic mass is 9.99. The smallest absolute Gasteiger partial charge is 0.414 e. The molecule has 0 spiro atoms. The SMILES string of the molecule is CN(C)C(=O)Oc1ccc2c(CF)c(Cc3cccc([N+](=O)[O-])c3)c(=O)oc2c1. The molecule has 0 saturated carbocycles. The van der Waals surface area contributed by atoms with E-state index < -0.39 is 23.3 Å². The third-order valence-corrected chi connectivity index (χ3v) is 4.30. The molecule has 9 heteroatoms. The van der Waals surface area contributed by atoms with Gasteiger partial charge in [0.2, 0.25) is 0 Å². The number of non-ortho nitro benzene ring substituents is 1. The first-order valence-electron chi connectivity index (χ1n) is 8.57. The van der Waals surface area contributed by atoms with E-state index >= 15 is 0 Å². The van der Waals surface area contributed by atoms with E-state index in [1.54, 1.807) is 6.07 Å². The summed E-state index contributed by atoms with van der Waals surface area (Å²) in [6, 6.07) is 10.1. The van der Waals surface area contributed by atoms with Crippen molar-refractivity contribution in [1.29, 1.82) is 0 Å². The van der Waals surface area contributed by atoms with E-state index in [1.165, 1.54) is 55.4 Å². The van der Waals surface area contributed by atoms with Crippen LogP contribution in [-0.4, -0.2) is 30.0 Å². The second kappa shape index (κ2) is 8.09. The number of rotatable bonds is 5. The number of amides is 1. The average molecular weight is 400 g/mol. The number of hydrogen-bond acceptors (Lipinski definition) is 6. The van der Waals surface area contributed by atoms with E-state index in [1.807, 2.05) is 0 Å². The fourth-order valence-electron chi connectivity index (χ4n) is 2.85. The van der Waals surface area contributed by atoms with Crippen LogP contribution in [0.15, 0.2) is 51.7 Å². The molecule has 0 aliphatic rings. The third kappa shape index (κ3) is 4.23. The number of nitro benzene ring substituents is 1. The van der Waals surface area contributed by atoms with Gasteiger partial charge in [-0.3, -0.25) is 10.1 Å². The van der Waals surface area contributed by atoms with Crippen LogP contribution in [0.3, 0.4) is 0 Å².